The fraction of sp³-hybridized carbons (Fsp3) is 0.417. The minimum atomic E-state index is -4.71. The number of benzene rings is 1. The van der Waals surface area contributed by atoms with Gasteiger partial charge < -0.3 is 9.84 Å². The molecule has 0 spiro atoms. The van der Waals surface area contributed by atoms with Crippen molar-refractivity contribution in [2.24, 2.45) is 5.92 Å². The Labute approximate surface area is 189 Å². The molecule has 3 rings (SSSR count). The standard InChI is InChI=1S/C24H26F3N3O3/c1-3-4-5-8-20(32)29-23(13-6-7-16(2)15-23)19(31)14-17-9-11-18(12-10-17)21-28-22(33-30-21)24(25,26)27/h3-5,8-12,16H,6-7,13-15H2,1-2H3,(H,29,32). The maximum atomic E-state index is 13.4. The van der Waals surface area contributed by atoms with E-state index in [1.165, 1.54) is 6.08 Å². The van der Waals surface area contributed by atoms with Crippen molar-refractivity contribution < 1.29 is 27.3 Å². The number of allylic oxidation sites excluding steroid dienone is 3. The number of ketones is 1. The Morgan fingerprint density at radius 1 is 1.24 bits per heavy atom. The maximum absolute atomic E-state index is 13.4. The van der Waals surface area contributed by atoms with E-state index in [1.807, 2.05) is 6.92 Å². The summed E-state index contributed by atoms with van der Waals surface area (Å²) >= 11 is 0. The van der Waals surface area contributed by atoms with Gasteiger partial charge in [-0.3, -0.25) is 9.59 Å². The van der Waals surface area contributed by atoms with E-state index >= 15 is 0 Å². The average Bonchev–Trinajstić information content (AvgIpc) is 3.25. The molecule has 9 heteroatoms. The summed E-state index contributed by atoms with van der Waals surface area (Å²) in [6.45, 7) is 3.91. The van der Waals surface area contributed by atoms with Crippen LogP contribution in [-0.2, 0) is 22.2 Å². The minimum Gasteiger partial charge on any atom is -0.340 e. The third kappa shape index (κ3) is 6.18. The van der Waals surface area contributed by atoms with E-state index in [4.69, 9.17) is 0 Å². The molecule has 1 heterocycles. The lowest BCUT2D eigenvalue weighted by molar-refractivity contribution is -0.159. The fourth-order valence-corrected chi connectivity index (χ4v) is 4.10. The summed E-state index contributed by atoms with van der Waals surface area (Å²) in [5.41, 5.74) is 0.0802. The molecule has 0 radical (unpaired) electrons. The molecule has 1 aliphatic carbocycles. The highest BCUT2D eigenvalue weighted by Crippen LogP contribution is 2.34. The van der Waals surface area contributed by atoms with Gasteiger partial charge in [0.2, 0.25) is 11.7 Å². The van der Waals surface area contributed by atoms with Crippen LogP contribution in [-0.4, -0.2) is 27.4 Å². The van der Waals surface area contributed by atoms with Crippen molar-refractivity contribution in [3.05, 3.63) is 60.0 Å². The van der Waals surface area contributed by atoms with Crippen LogP contribution in [0.4, 0.5) is 13.2 Å². The second-order valence-electron chi connectivity index (χ2n) is 8.38. The van der Waals surface area contributed by atoms with E-state index in [0.29, 0.717) is 29.9 Å². The second kappa shape index (κ2) is 10.1. The highest BCUT2D eigenvalue weighted by molar-refractivity contribution is 5.97. The summed E-state index contributed by atoms with van der Waals surface area (Å²) in [6, 6.07) is 6.37. The van der Waals surface area contributed by atoms with Crippen LogP contribution in [0.2, 0.25) is 0 Å². The van der Waals surface area contributed by atoms with Gasteiger partial charge in [-0.2, -0.15) is 18.2 Å². The highest BCUT2D eigenvalue weighted by atomic mass is 19.4. The molecule has 176 valence electrons. The first-order valence-electron chi connectivity index (χ1n) is 10.8. The molecule has 33 heavy (non-hydrogen) atoms. The third-order valence-electron chi connectivity index (χ3n) is 5.69. The molecule has 0 bridgehead atoms. The lowest BCUT2D eigenvalue weighted by Crippen LogP contribution is -2.57. The number of nitrogens with zero attached hydrogens (tertiary/aromatic N) is 2. The quantitative estimate of drug-likeness (QED) is 0.460. The Kier molecular flexibility index (Phi) is 7.50. The van der Waals surface area contributed by atoms with Gasteiger partial charge in [-0.05, 0) is 31.2 Å². The zero-order valence-electron chi connectivity index (χ0n) is 18.5. The van der Waals surface area contributed by atoms with Crippen LogP contribution < -0.4 is 5.32 Å². The Balaban J connectivity index is 1.75. The van der Waals surface area contributed by atoms with Crippen LogP contribution in [0.1, 0.15) is 51.0 Å². The first kappa shape index (κ1) is 24.4. The van der Waals surface area contributed by atoms with E-state index in [2.05, 4.69) is 26.9 Å². The summed E-state index contributed by atoms with van der Waals surface area (Å²) in [5.74, 6) is -1.70. The van der Waals surface area contributed by atoms with Crippen LogP contribution >= 0.6 is 0 Å². The molecule has 1 amide bonds. The van der Waals surface area contributed by atoms with Crippen molar-refractivity contribution in [3.8, 4) is 11.4 Å². The van der Waals surface area contributed by atoms with Crippen molar-refractivity contribution in [3.63, 3.8) is 0 Å². The van der Waals surface area contributed by atoms with Crippen LogP contribution in [0.5, 0.6) is 0 Å². The Morgan fingerprint density at radius 2 is 1.97 bits per heavy atom. The number of nitrogens with one attached hydrogen (secondary N) is 1. The highest BCUT2D eigenvalue weighted by Gasteiger charge is 2.42. The van der Waals surface area contributed by atoms with Crippen molar-refractivity contribution in [1.82, 2.24) is 15.5 Å². The summed E-state index contributed by atoms with van der Waals surface area (Å²) in [5, 5.41) is 6.32. The van der Waals surface area contributed by atoms with Crippen molar-refractivity contribution >= 4 is 11.7 Å². The number of halogens is 3. The van der Waals surface area contributed by atoms with Gasteiger partial charge in [0.25, 0.3) is 0 Å². The molecule has 0 aliphatic heterocycles. The molecule has 1 aromatic heterocycles. The molecule has 6 nitrogen and oxygen atoms in total. The Bertz CT molecular complexity index is 1040. The first-order chi connectivity index (χ1) is 15.6. The zero-order chi connectivity index (χ0) is 24.1. The number of hydrogen-bond acceptors (Lipinski definition) is 5. The lowest BCUT2D eigenvalue weighted by atomic mass is 9.72. The molecule has 1 aromatic carbocycles. The SMILES string of the molecule is CC=CC=CC(=O)NC1(C(=O)Cc2ccc(-c3noc(C(F)(F)F)n3)cc2)CCCC(C)C1. The van der Waals surface area contributed by atoms with Gasteiger partial charge in [0, 0.05) is 18.1 Å². The van der Waals surface area contributed by atoms with E-state index in [-0.39, 0.29) is 23.9 Å². The fourth-order valence-electron chi connectivity index (χ4n) is 4.10. The number of carbonyl (C=O) groups is 2. The number of carbonyl (C=O) groups excluding carboxylic acids is 2. The number of amides is 1. The topological polar surface area (TPSA) is 85.1 Å². The number of hydrogen-bond donors (Lipinski definition) is 1. The first-order valence-corrected chi connectivity index (χ1v) is 10.8. The normalized spacial score (nSPS) is 21.5. The second-order valence-corrected chi connectivity index (χ2v) is 8.38. The zero-order valence-corrected chi connectivity index (χ0v) is 18.5. The van der Waals surface area contributed by atoms with Crippen LogP contribution in [0.15, 0.2) is 53.1 Å². The summed E-state index contributed by atoms with van der Waals surface area (Å²) < 4.78 is 42.3. The number of aromatic nitrogens is 2. The molecular weight excluding hydrogens is 435 g/mol. The summed E-state index contributed by atoms with van der Waals surface area (Å²) in [7, 11) is 0. The smallest absolute Gasteiger partial charge is 0.340 e. The largest absolute Gasteiger partial charge is 0.471 e. The number of Topliss-reactive ketones (excluding diaryl/α,β-unsaturated/α-hetero) is 1. The van der Waals surface area contributed by atoms with Gasteiger partial charge in [-0.15, -0.1) is 0 Å². The molecule has 1 N–H and O–H groups in total. The maximum Gasteiger partial charge on any atom is 0.471 e. The molecule has 1 aliphatic rings. The Morgan fingerprint density at radius 3 is 2.58 bits per heavy atom. The van der Waals surface area contributed by atoms with Gasteiger partial charge in [0.05, 0.1) is 5.54 Å². The van der Waals surface area contributed by atoms with Gasteiger partial charge >= 0.3 is 12.1 Å². The van der Waals surface area contributed by atoms with Crippen LogP contribution in [0.25, 0.3) is 11.4 Å². The van der Waals surface area contributed by atoms with E-state index in [0.717, 1.165) is 12.8 Å². The third-order valence-corrected chi connectivity index (χ3v) is 5.69. The molecule has 1 fully saturated rings. The van der Waals surface area contributed by atoms with E-state index in [9.17, 15) is 22.8 Å². The molecule has 0 saturated heterocycles. The van der Waals surface area contributed by atoms with Gasteiger partial charge in [0.15, 0.2) is 5.78 Å². The number of alkyl halides is 3. The molecule has 2 unspecified atom stereocenters. The molecular formula is C24H26F3N3O3. The predicted octanol–water partition coefficient (Wildman–Crippen LogP) is 5.06. The van der Waals surface area contributed by atoms with Gasteiger partial charge in [0.1, 0.15) is 0 Å². The molecule has 1 saturated carbocycles. The van der Waals surface area contributed by atoms with Crippen LogP contribution in [0, 0.1) is 5.92 Å². The predicted molar refractivity (Wildman–Crippen MR) is 116 cm³/mol. The Hall–Kier alpha value is -3.23. The monoisotopic (exact) mass is 461 g/mol. The van der Waals surface area contributed by atoms with Gasteiger partial charge in [-0.1, -0.05) is 67.4 Å². The van der Waals surface area contributed by atoms with E-state index < -0.39 is 17.6 Å². The van der Waals surface area contributed by atoms with Crippen molar-refractivity contribution in [2.75, 3.05) is 0 Å². The van der Waals surface area contributed by atoms with Crippen molar-refractivity contribution in [1.29, 1.82) is 0 Å². The van der Waals surface area contributed by atoms with E-state index in [1.54, 1.807) is 42.5 Å². The lowest BCUT2D eigenvalue weighted by Gasteiger charge is -2.39. The number of rotatable bonds is 7. The van der Waals surface area contributed by atoms with Crippen molar-refractivity contribution in [2.45, 2.75) is 57.7 Å². The summed E-state index contributed by atoms with van der Waals surface area (Å²) in [6.07, 6.45) is 4.92. The summed E-state index contributed by atoms with van der Waals surface area (Å²) in [4.78, 5) is 29.2. The minimum absolute atomic E-state index is 0.0892. The van der Waals surface area contributed by atoms with Gasteiger partial charge in [-0.25, -0.2) is 0 Å². The van der Waals surface area contributed by atoms with Crippen LogP contribution in [0.3, 0.4) is 0 Å². The average molecular weight is 461 g/mol. The molecule has 2 atom stereocenters. The molecule has 2 aromatic rings.